The van der Waals surface area contributed by atoms with Crippen molar-refractivity contribution >= 4 is 48.7 Å². The van der Waals surface area contributed by atoms with E-state index in [1.807, 2.05) is 16.7 Å². The highest BCUT2D eigenvalue weighted by molar-refractivity contribution is 7.91. The van der Waals surface area contributed by atoms with E-state index < -0.39 is 10.0 Å². The molecule has 148 valence electrons. The van der Waals surface area contributed by atoms with E-state index in [2.05, 4.69) is 14.9 Å². The van der Waals surface area contributed by atoms with E-state index in [4.69, 9.17) is 0 Å². The number of aromatic nitrogens is 2. The van der Waals surface area contributed by atoms with Crippen LogP contribution in [0.4, 0.5) is 5.82 Å². The van der Waals surface area contributed by atoms with Gasteiger partial charge in [-0.2, -0.15) is 4.31 Å². The molecule has 28 heavy (non-hydrogen) atoms. The Bertz CT molecular complexity index is 1080. The van der Waals surface area contributed by atoms with Crippen molar-refractivity contribution in [3.8, 4) is 0 Å². The second-order valence-electron chi connectivity index (χ2n) is 7.27. The number of piperazine rings is 1. The van der Waals surface area contributed by atoms with Gasteiger partial charge in [0, 0.05) is 31.1 Å². The fourth-order valence-corrected chi connectivity index (χ4v) is 7.96. The third kappa shape index (κ3) is 3.14. The fraction of sp³-hybridized carbons (Fsp3) is 0.474. The maximum atomic E-state index is 12.8. The van der Waals surface area contributed by atoms with Gasteiger partial charge >= 0.3 is 0 Å². The SMILES string of the molecule is O=S(=O)(c1cccs1)N1CCN(c2ncnc3sc4c(c23)CCCCC4)CC1. The Morgan fingerprint density at radius 2 is 1.82 bits per heavy atom. The summed E-state index contributed by atoms with van der Waals surface area (Å²) in [7, 11) is -3.38. The molecule has 0 bridgehead atoms. The lowest BCUT2D eigenvalue weighted by Crippen LogP contribution is -2.48. The summed E-state index contributed by atoms with van der Waals surface area (Å²) in [4.78, 5) is 13.9. The largest absolute Gasteiger partial charge is 0.353 e. The Labute approximate surface area is 172 Å². The first-order valence-corrected chi connectivity index (χ1v) is 12.8. The molecule has 0 aromatic carbocycles. The van der Waals surface area contributed by atoms with Gasteiger partial charge < -0.3 is 4.90 Å². The molecule has 0 radical (unpaired) electrons. The van der Waals surface area contributed by atoms with E-state index in [1.54, 1.807) is 22.8 Å². The van der Waals surface area contributed by atoms with Crippen LogP contribution in [-0.2, 0) is 22.9 Å². The molecular weight excluding hydrogens is 412 g/mol. The standard InChI is InChI=1S/C19H22N4O2S3/c24-28(25,16-7-4-12-26-16)23-10-8-22(9-11-23)18-17-14-5-2-1-3-6-15(14)27-19(17)21-13-20-18/h4,7,12-13H,1-3,5-6,8-11H2. The first kappa shape index (κ1) is 18.5. The van der Waals surface area contributed by atoms with Crippen LogP contribution >= 0.6 is 22.7 Å². The molecule has 0 amide bonds. The van der Waals surface area contributed by atoms with Gasteiger partial charge in [0.05, 0.1) is 5.39 Å². The average Bonchev–Trinajstić information content (AvgIpc) is 3.32. The van der Waals surface area contributed by atoms with Crippen LogP contribution in [0, 0.1) is 0 Å². The number of nitrogens with zero attached hydrogens (tertiary/aromatic N) is 4. The quantitative estimate of drug-likeness (QED) is 0.590. The Balaban J connectivity index is 1.43. The first-order chi connectivity index (χ1) is 13.6. The summed E-state index contributed by atoms with van der Waals surface area (Å²) in [5, 5.41) is 3.02. The summed E-state index contributed by atoms with van der Waals surface area (Å²) in [5.41, 5.74) is 1.43. The monoisotopic (exact) mass is 434 g/mol. The molecule has 0 atom stereocenters. The van der Waals surface area contributed by atoms with Crippen LogP contribution in [0.1, 0.15) is 29.7 Å². The predicted octanol–water partition coefficient (Wildman–Crippen LogP) is 3.53. The third-order valence-electron chi connectivity index (χ3n) is 5.61. The molecule has 1 aliphatic carbocycles. The summed E-state index contributed by atoms with van der Waals surface area (Å²) in [6.07, 6.45) is 7.65. The van der Waals surface area contributed by atoms with Crippen LogP contribution < -0.4 is 4.90 Å². The van der Waals surface area contributed by atoms with E-state index in [-0.39, 0.29) is 0 Å². The van der Waals surface area contributed by atoms with Crippen molar-refractivity contribution in [3.05, 3.63) is 34.3 Å². The Morgan fingerprint density at radius 3 is 2.61 bits per heavy atom. The summed E-state index contributed by atoms with van der Waals surface area (Å²) in [5.74, 6) is 0.984. The Morgan fingerprint density at radius 1 is 1.00 bits per heavy atom. The summed E-state index contributed by atoms with van der Waals surface area (Å²) < 4.78 is 27.6. The average molecular weight is 435 g/mol. The minimum Gasteiger partial charge on any atom is -0.353 e. The number of anilines is 1. The second kappa shape index (κ2) is 7.37. The van der Waals surface area contributed by atoms with Crippen molar-refractivity contribution in [3.63, 3.8) is 0 Å². The van der Waals surface area contributed by atoms with Crippen LogP contribution in [0.2, 0.25) is 0 Å². The number of fused-ring (bicyclic) bond motifs is 3. The zero-order valence-electron chi connectivity index (χ0n) is 15.5. The lowest BCUT2D eigenvalue weighted by molar-refractivity contribution is 0.385. The van der Waals surface area contributed by atoms with Crippen molar-refractivity contribution in [1.82, 2.24) is 14.3 Å². The molecule has 4 heterocycles. The molecular formula is C19H22N4O2S3. The van der Waals surface area contributed by atoms with Gasteiger partial charge in [0.2, 0.25) is 0 Å². The molecule has 6 nitrogen and oxygen atoms in total. The van der Waals surface area contributed by atoms with Crippen LogP contribution in [0.25, 0.3) is 10.2 Å². The Hall–Kier alpha value is -1.55. The topological polar surface area (TPSA) is 66.4 Å². The molecule has 2 aliphatic rings. The van der Waals surface area contributed by atoms with Crippen LogP contribution in [0.5, 0.6) is 0 Å². The van der Waals surface area contributed by atoms with Crippen molar-refractivity contribution in [2.75, 3.05) is 31.1 Å². The van der Waals surface area contributed by atoms with Crippen molar-refractivity contribution in [1.29, 1.82) is 0 Å². The van der Waals surface area contributed by atoms with E-state index >= 15 is 0 Å². The summed E-state index contributed by atoms with van der Waals surface area (Å²) in [6.45, 7) is 2.28. The van der Waals surface area contributed by atoms with Gasteiger partial charge in [-0.3, -0.25) is 0 Å². The number of aryl methyl sites for hydroxylation is 2. The minimum atomic E-state index is -3.38. The maximum Gasteiger partial charge on any atom is 0.252 e. The Kier molecular flexibility index (Phi) is 4.86. The zero-order valence-corrected chi connectivity index (χ0v) is 18.0. The molecule has 1 saturated heterocycles. The van der Waals surface area contributed by atoms with E-state index in [0.29, 0.717) is 30.4 Å². The molecule has 0 spiro atoms. The molecule has 9 heteroatoms. The third-order valence-corrected chi connectivity index (χ3v) is 10.1. The smallest absolute Gasteiger partial charge is 0.252 e. The molecule has 1 fully saturated rings. The lowest BCUT2D eigenvalue weighted by Gasteiger charge is -2.34. The molecule has 0 N–H and O–H groups in total. The van der Waals surface area contributed by atoms with Gasteiger partial charge in [0.1, 0.15) is 21.2 Å². The number of thiophene rings is 2. The number of hydrogen-bond acceptors (Lipinski definition) is 7. The second-order valence-corrected chi connectivity index (χ2v) is 11.5. The highest BCUT2D eigenvalue weighted by Gasteiger charge is 2.31. The van der Waals surface area contributed by atoms with Crippen LogP contribution in [0.15, 0.2) is 28.0 Å². The predicted molar refractivity (Wildman–Crippen MR) is 114 cm³/mol. The minimum absolute atomic E-state index is 0.425. The highest BCUT2D eigenvalue weighted by atomic mass is 32.2. The van der Waals surface area contributed by atoms with E-state index in [1.165, 1.54) is 46.4 Å². The number of sulfonamides is 1. The van der Waals surface area contributed by atoms with Gasteiger partial charge in [-0.25, -0.2) is 18.4 Å². The van der Waals surface area contributed by atoms with Gasteiger partial charge in [0.15, 0.2) is 0 Å². The molecule has 0 saturated carbocycles. The first-order valence-electron chi connectivity index (χ1n) is 9.68. The molecule has 1 aliphatic heterocycles. The number of rotatable bonds is 3. The van der Waals surface area contributed by atoms with Gasteiger partial charge in [-0.15, -0.1) is 22.7 Å². The van der Waals surface area contributed by atoms with Gasteiger partial charge in [-0.05, 0) is 42.7 Å². The van der Waals surface area contributed by atoms with Crippen molar-refractivity contribution in [2.45, 2.75) is 36.3 Å². The van der Waals surface area contributed by atoms with Gasteiger partial charge in [0.25, 0.3) is 10.0 Å². The van der Waals surface area contributed by atoms with E-state index in [0.717, 1.165) is 23.5 Å². The maximum absolute atomic E-state index is 12.8. The lowest BCUT2D eigenvalue weighted by atomic mass is 10.1. The number of hydrogen-bond donors (Lipinski definition) is 0. The van der Waals surface area contributed by atoms with E-state index in [9.17, 15) is 8.42 Å². The molecule has 0 unspecified atom stereocenters. The van der Waals surface area contributed by atoms with Crippen LogP contribution in [0.3, 0.4) is 0 Å². The summed E-state index contributed by atoms with van der Waals surface area (Å²) in [6, 6.07) is 3.47. The normalized spacial score (nSPS) is 18.9. The van der Waals surface area contributed by atoms with Crippen molar-refractivity contribution < 1.29 is 8.42 Å². The molecule has 3 aromatic rings. The fourth-order valence-electron chi connectivity index (χ4n) is 4.17. The summed E-state index contributed by atoms with van der Waals surface area (Å²) >= 11 is 3.09. The van der Waals surface area contributed by atoms with Crippen LogP contribution in [-0.4, -0.2) is 48.9 Å². The molecule has 5 rings (SSSR count). The zero-order chi connectivity index (χ0) is 19.1. The highest BCUT2D eigenvalue weighted by Crippen LogP contribution is 2.39. The van der Waals surface area contributed by atoms with Gasteiger partial charge in [-0.1, -0.05) is 12.5 Å². The van der Waals surface area contributed by atoms with Crippen molar-refractivity contribution in [2.24, 2.45) is 0 Å². The molecule has 3 aromatic heterocycles.